The van der Waals surface area contributed by atoms with Crippen molar-refractivity contribution in [2.75, 3.05) is 13.6 Å². The lowest BCUT2D eigenvalue weighted by atomic mass is 10.0. The van der Waals surface area contributed by atoms with Crippen LogP contribution in [0.15, 0.2) is 53.4 Å². The summed E-state index contributed by atoms with van der Waals surface area (Å²) in [6.07, 6.45) is 0.877. The van der Waals surface area contributed by atoms with Gasteiger partial charge >= 0.3 is 0 Å². The zero-order valence-electron chi connectivity index (χ0n) is 16.3. The van der Waals surface area contributed by atoms with Crippen molar-refractivity contribution in [3.63, 3.8) is 0 Å². The molecule has 0 aliphatic rings. The molecule has 0 radical (unpaired) electrons. The molecule has 2 rings (SSSR count). The summed E-state index contributed by atoms with van der Waals surface area (Å²) in [6, 6.07) is 15.8. The van der Waals surface area contributed by atoms with Gasteiger partial charge in [-0.15, -0.1) is 0 Å². The van der Waals surface area contributed by atoms with Crippen LogP contribution in [0, 0.1) is 11.3 Å². The van der Waals surface area contributed by atoms with Crippen molar-refractivity contribution < 1.29 is 13.2 Å². The highest BCUT2D eigenvalue weighted by Crippen LogP contribution is 2.22. The molecule has 0 spiro atoms. The van der Waals surface area contributed by atoms with Crippen LogP contribution in [-0.2, 0) is 21.2 Å². The molecule has 6 nitrogen and oxygen atoms in total. The van der Waals surface area contributed by atoms with E-state index in [0.29, 0.717) is 24.9 Å². The fourth-order valence-corrected chi connectivity index (χ4v) is 3.76. The average Bonchev–Trinajstić information content (AvgIpc) is 2.73. The standard InChI is InChI=1S/C21H25N3O3S/c1-4-24(16(2)19-10-5-18(15-22)6-11-19)21(25)14-9-17-7-12-20(13-8-17)28(26,27)23-3/h5-8,10-13,16,23H,4,9,14H2,1-3H3. The van der Waals surface area contributed by atoms with Crippen LogP contribution in [0.1, 0.15) is 43.0 Å². The molecule has 1 atom stereocenters. The molecule has 0 heterocycles. The number of rotatable bonds is 8. The first-order valence-electron chi connectivity index (χ1n) is 9.14. The third kappa shape index (κ3) is 5.18. The van der Waals surface area contributed by atoms with Crippen molar-refractivity contribution in [2.45, 2.75) is 37.6 Å². The summed E-state index contributed by atoms with van der Waals surface area (Å²) in [7, 11) is -2.08. The first-order chi connectivity index (χ1) is 13.3. The molecule has 7 heteroatoms. The summed E-state index contributed by atoms with van der Waals surface area (Å²) in [6.45, 7) is 4.50. The van der Waals surface area contributed by atoms with E-state index in [1.54, 1.807) is 41.3 Å². The maximum Gasteiger partial charge on any atom is 0.240 e. The van der Waals surface area contributed by atoms with Crippen LogP contribution in [0.5, 0.6) is 0 Å². The fourth-order valence-electron chi connectivity index (χ4n) is 3.03. The van der Waals surface area contributed by atoms with Gasteiger partial charge in [0.05, 0.1) is 22.6 Å². The topological polar surface area (TPSA) is 90.3 Å². The third-order valence-corrected chi connectivity index (χ3v) is 6.21. The number of hydrogen-bond acceptors (Lipinski definition) is 4. The first-order valence-corrected chi connectivity index (χ1v) is 10.6. The highest BCUT2D eigenvalue weighted by atomic mass is 32.2. The summed E-state index contributed by atoms with van der Waals surface area (Å²) in [5, 5.41) is 8.91. The van der Waals surface area contributed by atoms with E-state index in [9.17, 15) is 13.2 Å². The van der Waals surface area contributed by atoms with Crippen LogP contribution in [-0.4, -0.2) is 32.8 Å². The molecule has 148 valence electrons. The monoisotopic (exact) mass is 399 g/mol. The molecule has 0 aliphatic carbocycles. The normalized spacial score (nSPS) is 12.2. The van der Waals surface area contributed by atoms with Gasteiger partial charge in [-0.3, -0.25) is 4.79 Å². The Bertz CT molecular complexity index is 946. The number of sulfonamides is 1. The summed E-state index contributed by atoms with van der Waals surface area (Å²) >= 11 is 0. The Morgan fingerprint density at radius 3 is 2.25 bits per heavy atom. The highest BCUT2D eigenvalue weighted by molar-refractivity contribution is 7.89. The maximum absolute atomic E-state index is 12.7. The van der Waals surface area contributed by atoms with Crippen molar-refractivity contribution in [1.82, 2.24) is 9.62 Å². The molecule has 1 N–H and O–H groups in total. The Kier molecular flexibility index (Phi) is 7.32. The van der Waals surface area contributed by atoms with Crippen LogP contribution in [0.25, 0.3) is 0 Å². The van der Waals surface area contributed by atoms with Gasteiger partial charge in [-0.05, 0) is 62.7 Å². The van der Waals surface area contributed by atoms with E-state index < -0.39 is 10.0 Å². The van der Waals surface area contributed by atoms with Gasteiger partial charge in [0.25, 0.3) is 0 Å². The lowest BCUT2D eigenvalue weighted by molar-refractivity contribution is -0.133. The Hall–Kier alpha value is -2.69. The molecule has 0 aromatic heterocycles. The predicted molar refractivity (Wildman–Crippen MR) is 108 cm³/mol. The zero-order valence-corrected chi connectivity index (χ0v) is 17.2. The Morgan fingerprint density at radius 1 is 1.14 bits per heavy atom. The van der Waals surface area contributed by atoms with E-state index in [-0.39, 0.29) is 16.8 Å². The largest absolute Gasteiger partial charge is 0.336 e. The molecule has 0 bridgehead atoms. The van der Waals surface area contributed by atoms with Gasteiger partial charge in [0, 0.05) is 13.0 Å². The molecular formula is C21H25N3O3S. The minimum Gasteiger partial charge on any atom is -0.336 e. The number of nitrogens with zero attached hydrogens (tertiary/aromatic N) is 2. The number of nitriles is 1. The van der Waals surface area contributed by atoms with Crippen LogP contribution >= 0.6 is 0 Å². The summed E-state index contributed by atoms with van der Waals surface area (Å²) in [5.41, 5.74) is 2.48. The van der Waals surface area contributed by atoms with Gasteiger partial charge in [-0.1, -0.05) is 24.3 Å². The predicted octanol–water partition coefficient (Wildman–Crippen LogP) is 3.01. The number of carbonyl (C=O) groups is 1. The molecule has 0 aliphatic heterocycles. The van der Waals surface area contributed by atoms with E-state index >= 15 is 0 Å². The fraction of sp³-hybridized carbons (Fsp3) is 0.333. The molecular weight excluding hydrogens is 374 g/mol. The molecule has 0 saturated heterocycles. The van der Waals surface area contributed by atoms with E-state index in [4.69, 9.17) is 5.26 Å². The van der Waals surface area contributed by atoms with Crippen molar-refractivity contribution in [2.24, 2.45) is 0 Å². The van der Waals surface area contributed by atoms with Gasteiger partial charge in [-0.2, -0.15) is 5.26 Å². The van der Waals surface area contributed by atoms with Gasteiger partial charge < -0.3 is 4.90 Å². The van der Waals surface area contributed by atoms with Crippen molar-refractivity contribution >= 4 is 15.9 Å². The quantitative estimate of drug-likeness (QED) is 0.739. The van der Waals surface area contributed by atoms with Gasteiger partial charge in [-0.25, -0.2) is 13.1 Å². The van der Waals surface area contributed by atoms with Crippen molar-refractivity contribution in [1.29, 1.82) is 5.26 Å². The van der Waals surface area contributed by atoms with Crippen LogP contribution in [0.3, 0.4) is 0 Å². The van der Waals surface area contributed by atoms with E-state index in [0.717, 1.165) is 11.1 Å². The highest BCUT2D eigenvalue weighted by Gasteiger charge is 2.20. The van der Waals surface area contributed by atoms with Gasteiger partial charge in [0.1, 0.15) is 0 Å². The number of benzene rings is 2. The van der Waals surface area contributed by atoms with Gasteiger partial charge in [0.15, 0.2) is 0 Å². The van der Waals surface area contributed by atoms with Crippen LogP contribution < -0.4 is 4.72 Å². The number of amides is 1. The van der Waals surface area contributed by atoms with Gasteiger partial charge in [0.2, 0.25) is 15.9 Å². The average molecular weight is 400 g/mol. The number of carbonyl (C=O) groups excluding carboxylic acids is 1. The van der Waals surface area contributed by atoms with Crippen LogP contribution in [0.2, 0.25) is 0 Å². The number of aryl methyl sites for hydroxylation is 1. The Balaban J connectivity index is 2.02. The Morgan fingerprint density at radius 2 is 1.75 bits per heavy atom. The second-order valence-electron chi connectivity index (χ2n) is 6.44. The molecule has 0 fully saturated rings. The zero-order chi connectivity index (χ0) is 20.7. The van der Waals surface area contributed by atoms with E-state index in [1.165, 1.54) is 7.05 Å². The SMILES string of the molecule is CCN(C(=O)CCc1ccc(S(=O)(=O)NC)cc1)C(C)c1ccc(C#N)cc1. The maximum atomic E-state index is 12.7. The second-order valence-corrected chi connectivity index (χ2v) is 8.33. The lowest BCUT2D eigenvalue weighted by Gasteiger charge is -2.28. The molecule has 1 amide bonds. The summed E-state index contributed by atoms with van der Waals surface area (Å²) < 4.78 is 25.8. The first kappa shape index (κ1) is 21.6. The number of hydrogen-bond donors (Lipinski definition) is 1. The minimum absolute atomic E-state index is 0.0336. The lowest BCUT2D eigenvalue weighted by Crippen LogP contribution is -2.33. The smallest absolute Gasteiger partial charge is 0.240 e. The molecule has 28 heavy (non-hydrogen) atoms. The van der Waals surface area contributed by atoms with Crippen molar-refractivity contribution in [3.8, 4) is 6.07 Å². The Labute approximate surface area is 166 Å². The second kappa shape index (κ2) is 9.49. The van der Waals surface area contributed by atoms with Crippen molar-refractivity contribution in [3.05, 3.63) is 65.2 Å². The third-order valence-electron chi connectivity index (χ3n) is 4.78. The molecule has 1 unspecified atom stereocenters. The molecule has 0 saturated carbocycles. The van der Waals surface area contributed by atoms with E-state index in [1.807, 2.05) is 26.0 Å². The summed E-state index contributed by atoms with van der Waals surface area (Å²) in [5.74, 6) is 0.0336. The summed E-state index contributed by atoms with van der Waals surface area (Å²) in [4.78, 5) is 14.7. The minimum atomic E-state index is -3.46. The molecule has 2 aromatic rings. The number of nitrogens with one attached hydrogen (secondary N) is 1. The van der Waals surface area contributed by atoms with Crippen LogP contribution in [0.4, 0.5) is 0 Å². The molecule has 2 aromatic carbocycles. The van der Waals surface area contributed by atoms with E-state index in [2.05, 4.69) is 10.8 Å².